The first kappa shape index (κ1) is 18.0. The lowest BCUT2D eigenvalue weighted by Crippen LogP contribution is -2.22. The van der Waals surface area contributed by atoms with E-state index in [2.05, 4.69) is 10.3 Å². The average molecular weight is 398 g/mol. The second-order valence-electron chi connectivity index (χ2n) is 6.35. The third-order valence-electron chi connectivity index (χ3n) is 4.67. The lowest BCUT2D eigenvalue weighted by Gasteiger charge is -2.25. The van der Waals surface area contributed by atoms with E-state index in [9.17, 15) is 5.11 Å². The molecule has 1 heterocycles. The van der Waals surface area contributed by atoms with E-state index in [4.69, 9.17) is 23.2 Å². The maximum absolute atomic E-state index is 11.2. The maximum Gasteiger partial charge on any atom is 0.113 e. The lowest BCUT2D eigenvalue weighted by atomic mass is 9.96. The smallest absolute Gasteiger partial charge is 0.113 e. The molecule has 136 valence electrons. The first-order valence-corrected chi connectivity index (χ1v) is 9.36. The lowest BCUT2D eigenvalue weighted by molar-refractivity contribution is 0.107. The van der Waals surface area contributed by atoms with Crippen LogP contribution in [-0.2, 0) is 6.42 Å². The normalized spacial score (nSPS) is 13.6. The maximum atomic E-state index is 11.2. The summed E-state index contributed by atoms with van der Waals surface area (Å²) in [5, 5.41) is 20.9. The third-order valence-corrected chi connectivity index (χ3v) is 5.38. The van der Waals surface area contributed by atoms with Crippen LogP contribution < -0.4 is 0 Å². The number of nitrogens with zero attached hydrogens (tertiary/aromatic N) is 3. The van der Waals surface area contributed by atoms with Crippen molar-refractivity contribution in [1.29, 1.82) is 0 Å². The van der Waals surface area contributed by atoms with Crippen molar-refractivity contribution in [2.24, 2.45) is 0 Å². The fraction of sp³-hybridized carbons (Fsp3) is 0.143. The van der Waals surface area contributed by atoms with Crippen molar-refractivity contribution >= 4 is 34.2 Å². The zero-order valence-corrected chi connectivity index (χ0v) is 15.8. The molecule has 4 nitrogen and oxygen atoms in total. The number of aliphatic hydroxyl groups excluding tert-OH is 1. The van der Waals surface area contributed by atoms with Gasteiger partial charge in [0.1, 0.15) is 11.6 Å². The van der Waals surface area contributed by atoms with Crippen molar-refractivity contribution in [3.63, 3.8) is 0 Å². The van der Waals surface area contributed by atoms with Crippen LogP contribution >= 0.6 is 23.2 Å². The van der Waals surface area contributed by atoms with E-state index in [1.807, 2.05) is 60.7 Å². The zero-order valence-electron chi connectivity index (χ0n) is 14.3. The summed E-state index contributed by atoms with van der Waals surface area (Å²) in [6.07, 6.45) is -0.384. The van der Waals surface area contributed by atoms with E-state index in [0.29, 0.717) is 16.5 Å². The van der Waals surface area contributed by atoms with Crippen LogP contribution in [0.3, 0.4) is 0 Å². The molecule has 0 aliphatic rings. The summed E-state index contributed by atoms with van der Waals surface area (Å²) < 4.78 is 1.76. The van der Waals surface area contributed by atoms with E-state index in [-0.39, 0.29) is 0 Å². The van der Waals surface area contributed by atoms with Gasteiger partial charge in [-0.1, -0.05) is 76.9 Å². The van der Waals surface area contributed by atoms with Crippen molar-refractivity contribution in [3.8, 4) is 0 Å². The van der Waals surface area contributed by atoms with Crippen molar-refractivity contribution in [2.45, 2.75) is 18.6 Å². The highest BCUT2D eigenvalue weighted by Crippen LogP contribution is 2.35. The molecule has 0 bridgehead atoms. The van der Waals surface area contributed by atoms with Crippen LogP contribution in [0, 0.1) is 0 Å². The Bertz CT molecular complexity index is 1050. The Morgan fingerprint density at radius 3 is 2.26 bits per heavy atom. The second-order valence-corrected chi connectivity index (χ2v) is 7.16. The van der Waals surface area contributed by atoms with Crippen LogP contribution in [0.5, 0.6) is 0 Å². The molecule has 0 aliphatic heterocycles. The highest BCUT2D eigenvalue weighted by atomic mass is 35.5. The van der Waals surface area contributed by atoms with Gasteiger partial charge in [-0.25, -0.2) is 4.68 Å². The van der Waals surface area contributed by atoms with Crippen LogP contribution in [0.4, 0.5) is 0 Å². The Kier molecular flexibility index (Phi) is 5.12. The minimum Gasteiger partial charge on any atom is -0.386 e. The summed E-state index contributed by atoms with van der Waals surface area (Å²) in [5.41, 5.74) is 3.19. The molecule has 0 radical (unpaired) electrons. The van der Waals surface area contributed by atoms with Gasteiger partial charge in [0.2, 0.25) is 0 Å². The van der Waals surface area contributed by atoms with E-state index >= 15 is 0 Å². The van der Waals surface area contributed by atoms with Gasteiger partial charge in [-0.05, 0) is 35.4 Å². The van der Waals surface area contributed by atoms with Gasteiger partial charge < -0.3 is 5.11 Å². The summed E-state index contributed by atoms with van der Waals surface area (Å²) in [7, 11) is 0. The van der Waals surface area contributed by atoms with Gasteiger partial charge in [-0.15, -0.1) is 5.10 Å². The van der Waals surface area contributed by atoms with Crippen molar-refractivity contribution in [1.82, 2.24) is 15.0 Å². The highest BCUT2D eigenvalue weighted by molar-refractivity contribution is 6.36. The minimum atomic E-state index is -0.802. The molecule has 1 aromatic heterocycles. The number of fused-ring (bicyclic) bond motifs is 1. The monoisotopic (exact) mass is 397 g/mol. The van der Waals surface area contributed by atoms with Crippen LogP contribution in [0.1, 0.15) is 23.3 Å². The number of benzene rings is 3. The Labute approximate surface area is 167 Å². The van der Waals surface area contributed by atoms with Crippen molar-refractivity contribution in [2.75, 3.05) is 0 Å². The Morgan fingerprint density at radius 1 is 0.852 bits per heavy atom. The van der Waals surface area contributed by atoms with Crippen molar-refractivity contribution in [3.05, 3.63) is 94.0 Å². The molecule has 1 N–H and O–H groups in total. The molecule has 0 spiro atoms. The fourth-order valence-electron chi connectivity index (χ4n) is 3.27. The first-order valence-electron chi connectivity index (χ1n) is 8.61. The number of hydrogen-bond acceptors (Lipinski definition) is 3. The molecule has 0 saturated heterocycles. The van der Waals surface area contributed by atoms with Gasteiger partial charge in [-0.3, -0.25) is 0 Å². The summed E-state index contributed by atoms with van der Waals surface area (Å²) in [6.45, 7) is 0. The van der Waals surface area contributed by atoms with Gasteiger partial charge in [0, 0.05) is 16.5 Å². The molecule has 4 aromatic rings. The van der Waals surface area contributed by atoms with E-state index in [0.717, 1.165) is 22.2 Å². The van der Waals surface area contributed by atoms with Crippen LogP contribution in [0.15, 0.2) is 72.8 Å². The standard InChI is InChI=1S/C21H17Cl2N3O/c22-16-9-6-10-17(23)15(16)13-20(21(27)14-7-2-1-3-8-14)26-19-12-5-4-11-18(19)24-25-26/h1-12,20-21,27H,13H2/t20-,21-/m1/s1. The van der Waals surface area contributed by atoms with Crippen LogP contribution in [0.25, 0.3) is 11.0 Å². The molecule has 27 heavy (non-hydrogen) atoms. The van der Waals surface area contributed by atoms with Gasteiger partial charge in [0.25, 0.3) is 0 Å². The Morgan fingerprint density at radius 2 is 1.52 bits per heavy atom. The highest BCUT2D eigenvalue weighted by Gasteiger charge is 2.27. The minimum absolute atomic E-state index is 0.419. The van der Waals surface area contributed by atoms with Gasteiger partial charge >= 0.3 is 0 Å². The number of para-hydroxylation sites is 1. The molecule has 0 amide bonds. The summed E-state index contributed by atoms with van der Waals surface area (Å²) >= 11 is 12.8. The Hall–Kier alpha value is -2.40. The molecular weight excluding hydrogens is 381 g/mol. The van der Waals surface area contributed by atoms with E-state index < -0.39 is 12.1 Å². The molecule has 0 unspecified atom stereocenters. The number of aliphatic hydroxyl groups is 1. The predicted molar refractivity (Wildman–Crippen MR) is 108 cm³/mol. The summed E-state index contributed by atoms with van der Waals surface area (Å²) in [5.74, 6) is 0. The fourth-order valence-corrected chi connectivity index (χ4v) is 3.82. The summed E-state index contributed by atoms with van der Waals surface area (Å²) in [4.78, 5) is 0. The molecule has 3 aromatic carbocycles. The molecule has 0 aliphatic carbocycles. The topological polar surface area (TPSA) is 50.9 Å². The van der Waals surface area contributed by atoms with Crippen LogP contribution in [-0.4, -0.2) is 20.1 Å². The Balaban J connectivity index is 1.82. The van der Waals surface area contributed by atoms with Gasteiger partial charge in [-0.2, -0.15) is 0 Å². The quantitative estimate of drug-likeness (QED) is 0.499. The molecule has 4 rings (SSSR count). The molecular formula is C21H17Cl2N3O. The van der Waals surface area contributed by atoms with Crippen molar-refractivity contribution < 1.29 is 5.11 Å². The predicted octanol–water partition coefficient (Wildman–Crippen LogP) is 5.26. The summed E-state index contributed by atoms with van der Waals surface area (Å²) in [6, 6.07) is 22.2. The average Bonchev–Trinajstić information content (AvgIpc) is 3.12. The zero-order chi connectivity index (χ0) is 18.8. The molecule has 6 heteroatoms. The molecule has 0 fully saturated rings. The van der Waals surface area contributed by atoms with E-state index in [1.54, 1.807) is 16.8 Å². The van der Waals surface area contributed by atoms with Gasteiger partial charge in [0.15, 0.2) is 0 Å². The SMILES string of the molecule is O[C@H](c1ccccc1)[C@@H](Cc1c(Cl)cccc1Cl)n1nnc2ccccc21. The number of aromatic nitrogens is 3. The van der Waals surface area contributed by atoms with Gasteiger partial charge in [0.05, 0.1) is 11.6 Å². The third kappa shape index (κ3) is 3.56. The number of halogens is 2. The second kappa shape index (κ2) is 7.69. The number of hydrogen-bond donors (Lipinski definition) is 1. The molecule has 0 saturated carbocycles. The number of rotatable bonds is 5. The van der Waals surface area contributed by atoms with Crippen LogP contribution in [0.2, 0.25) is 10.0 Å². The first-order chi connectivity index (χ1) is 13.1. The van der Waals surface area contributed by atoms with E-state index in [1.165, 1.54) is 0 Å². The largest absolute Gasteiger partial charge is 0.386 e. The molecule has 2 atom stereocenters.